The van der Waals surface area contributed by atoms with Crippen LogP contribution >= 0.6 is 0 Å². The minimum atomic E-state index is -0.784. The van der Waals surface area contributed by atoms with Gasteiger partial charge in [0.15, 0.2) is 5.60 Å². The molecule has 0 spiro atoms. The Morgan fingerprint density at radius 1 is 1.70 bits per heavy atom. The minimum Gasteiger partial charge on any atom is -0.479 e. The van der Waals surface area contributed by atoms with Crippen molar-refractivity contribution in [3.05, 3.63) is 0 Å². The third-order valence-corrected chi connectivity index (χ3v) is 2.65. The minimum absolute atomic E-state index is 0.163. The molecule has 1 unspecified atom stereocenters. The number of carbonyl (C=O) groups is 1. The first-order valence-electron chi connectivity index (χ1n) is 3.55. The maximum absolute atomic E-state index is 10.6. The van der Waals surface area contributed by atoms with Crippen LogP contribution in [0, 0.1) is 5.92 Å². The van der Waals surface area contributed by atoms with Crippen LogP contribution in [0.3, 0.4) is 0 Å². The molecule has 0 aromatic carbocycles. The van der Waals surface area contributed by atoms with Gasteiger partial charge in [-0.2, -0.15) is 0 Å². The van der Waals surface area contributed by atoms with Gasteiger partial charge in [-0.3, -0.25) is 0 Å². The number of ether oxygens (including phenoxy) is 1. The lowest BCUT2D eigenvalue weighted by Gasteiger charge is -2.30. The fourth-order valence-electron chi connectivity index (χ4n) is 1.89. The lowest BCUT2D eigenvalue weighted by molar-refractivity contribution is -0.163. The summed E-state index contributed by atoms with van der Waals surface area (Å²) >= 11 is 0. The summed E-state index contributed by atoms with van der Waals surface area (Å²) in [4.78, 5) is 10.6. The predicted octanol–water partition coefficient (Wildman–Crippen LogP) is 0.639. The number of hydrogen-bond donors (Lipinski definition) is 1. The molecule has 1 aliphatic carbocycles. The first-order valence-corrected chi connectivity index (χ1v) is 3.55. The maximum Gasteiger partial charge on any atom is 0.336 e. The SMILES string of the molecule is CC1OC2(C(=O)O)CC1C2. The van der Waals surface area contributed by atoms with Gasteiger partial charge in [-0.05, 0) is 25.7 Å². The summed E-state index contributed by atoms with van der Waals surface area (Å²) in [6, 6.07) is 0. The molecule has 1 saturated carbocycles. The van der Waals surface area contributed by atoms with Crippen LogP contribution in [0.2, 0.25) is 0 Å². The van der Waals surface area contributed by atoms with E-state index in [2.05, 4.69) is 0 Å². The van der Waals surface area contributed by atoms with Gasteiger partial charge in [-0.15, -0.1) is 0 Å². The smallest absolute Gasteiger partial charge is 0.336 e. The molecule has 2 bridgehead atoms. The van der Waals surface area contributed by atoms with Crippen molar-refractivity contribution in [2.75, 3.05) is 0 Å². The van der Waals surface area contributed by atoms with Crippen LogP contribution in [-0.2, 0) is 9.53 Å². The van der Waals surface area contributed by atoms with Crippen LogP contribution < -0.4 is 0 Å². The van der Waals surface area contributed by atoms with E-state index in [1.807, 2.05) is 6.92 Å². The van der Waals surface area contributed by atoms with Gasteiger partial charge in [0.1, 0.15) is 0 Å². The summed E-state index contributed by atoms with van der Waals surface area (Å²) in [7, 11) is 0. The molecule has 0 radical (unpaired) electrons. The lowest BCUT2D eigenvalue weighted by atomic mass is 9.73. The van der Waals surface area contributed by atoms with Crippen molar-refractivity contribution in [2.45, 2.75) is 31.5 Å². The van der Waals surface area contributed by atoms with E-state index in [0.717, 1.165) is 12.8 Å². The standard InChI is InChI=1S/C7H10O3/c1-4-5-2-7(3-5,10-4)6(8)9/h4-5H,2-3H2,1H3,(H,8,9). The Labute approximate surface area is 59.0 Å². The molecule has 3 nitrogen and oxygen atoms in total. The maximum atomic E-state index is 10.6. The predicted molar refractivity (Wildman–Crippen MR) is 33.6 cm³/mol. The largest absolute Gasteiger partial charge is 0.479 e. The lowest BCUT2D eigenvalue weighted by Crippen LogP contribution is -2.44. The molecule has 10 heavy (non-hydrogen) atoms. The number of fused-ring (bicyclic) bond motifs is 1. The molecule has 2 saturated heterocycles. The molecule has 3 heteroatoms. The fraction of sp³-hybridized carbons (Fsp3) is 0.857. The first kappa shape index (κ1) is 6.16. The number of carboxylic acid groups (broad SMARTS) is 1. The molecule has 3 rings (SSSR count). The second kappa shape index (κ2) is 1.53. The highest BCUT2D eigenvalue weighted by atomic mass is 16.5. The van der Waals surface area contributed by atoms with Crippen LogP contribution in [0.4, 0.5) is 0 Å². The third-order valence-electron chi connectivity index (χ3n) is 2.65. The fourth-order valence-corrected chi connectivity index (χ4v) is 1.89. The Hall–Kier alpha value is -0.570. The number of carboxylic acids is 1. The second-order valence-electron chi connectivity index (χ2n) is 3.29. The number of aliphatic carboxylic acids is 1. The monoisotopic (exact) mass is 142 g/mol. The molecule has 3 fully saturated rings. The van der Waals surface area contributed by atoms with Crippen LogP contribution in [0.15, 0.2) is 0 Å². The van der Waals surface area contributed by atoms with Crippen LogP contribution in [0.25, 0.3) is 0 Å². The van der Waals surface area contributed by atoms with Gasteiger partial charge in [0.05, 0.1) is 6.10 Å². The molecule has 2 heterocycles. The van der Waals surface area contributed by atoms with Crippen LogP contribution in [-0.4, -0.2) is 22.8 Å². The highest BCUT2D eigenvalue weighted by molar-refractivity contribution is 5.79. The highest BCUT2D eigenvalue weighted by Gasteiger charge is 2.60. The number of hydrogen-bond acceptors (Lipinski definition) is 2. The van der Waals surface area contributed by atoms with Gasteiger partial charge < -0.3 is 9.84 Å². The van der Waals surface area contributed by atoms with Crippen molar-refractivity contribution in [3.8, 4) is 0 Å². The molecule has 1 N–H and O–H groups in total. The van der Waals surface area contributed by atoms with Gasteiger partial charge in [-0.25, -0.2) is 4.79 Å². The molecule has 56 valence electrons. The Balaban J connectivity index is 2.18. The summed E-state index contributed by atoms with van der Waals surface area (Å²) in [5.41, 5.74) is -0.774. The average Bonchev–Trinajstić information content (AvgIpc) is 2.16. The van der Waals surface area contributed by atoms with E-state index in [4.69, 9.17) is 9.84 Å². The topological polar surface area (TPSA) is 46.5 Å². The van der Waals surface area contributed by atoms with Gasteiger partial charge in [0.25, 0.3) is 0 Å². The summed E-state index contributed by atoms with van der Waals surface area (Å²) in [6.07, 6.45) is 1.61. The van der Waals surface area contributed by atoms with Crippen molar-refractivity contribution in [1.82, 2.24) is 0 Å². The van der Waals surface area contributed by atoms with Gasteiger partial charge in [-0.1, -0.05) is 0 Å². The molecular formula is C7H10O3. The van der Waals surface area contributed by atoms with Crippen molar-refractivity contribution < 1.29 is 14.6 Å². The van der Waals surface area contributed by atoms with E-state index < -0.39 is 11.6 Å². The second-order valence-corrected chi connectivity index (χ2v) is 3.29. The van der Waals surface area contributed by atoms with Crippen molar-refractivity contribution >= 4 is 5.97 Å². The number of rotatable bonds is 1. The van der Waals surface area contributed by atoms with Crippen LogP contribution in [0.1, 0.15) is 19.8 Å². The zero-order chi connectivity index (χ0) is 7.35. The molecule has 0 amide bonds. The molecule has 0 aromatic heterocycles. The highest BCUT2D eigenvalue weighted by Crippen LogP contribution is 2.52. The molecule has 2 aliphatic heterocycles. The Kier molecular flexibility index (Phi) is 0.944. The molecular weight excluding hydrogens is 132 g/mol. The zero-order valence-electron chi connectivity index (χ0n) is 5.83. The van der Waals surface area contributed by atoms with E-state index in [0.29, 0.717) is 5.92 Å². The third kappa shape index (κ3) is 0.515. The summed E-state index contributed by atoms with van der Waals surface area (Å²) in [6.45, 7) is 1.95. The van der Waals surface area contributed by atoms with Crippen molar-refractivity contribution in [2.24, 2.45) is 5.92 Å². The Morgan fingerprint density at radius 2 is 2.30 bits per heavy atom. The normalized spacial score (nSPS) is 50.5. The Morgan fingerprint density at radius 3 is 2.50 bits per heavy atom. The van der Waals surface area contributed by atoms with Crippen molar-refractivity contribution in [3.63, 3.8) is 0 Å². The summed E-state index contributed by atoms with van der Waals surface area (Å²) < 4.78 is 5.28. The Bertz CT molecular complexity index is 181. The van der Waals surface area contributed by atoms with Gasteiger partial charge >= 0.3 is 5.97 Å². The van der Waals surface area contributed by atoms with E-state index in [1.165, 1.54) is 0 Å². The van der Waals surface area contributed by atoms with Gasteiger partial charge in [0.2, 0.25) is 0 Å². The zero-order valence-corrected chi connectivity index (χ0v) is 5.83. The molecule has 0 aromatic rings. The molecule has 1 atom stereocenters. The van der Waals surface area contributed by atoms with Crippen LogP contribution in [0.5, 0.6) is 0 Å². The van der Waals surface area contributed by atoms with E-state index in [1.54, 1.807) is 0 Å². The first-order chi connectivity index (χ1) is 4.64. The van der Waals surface area contributed by atoms with E-state index >= 15 is 0 Å². The quantitative estimate of drug-likeness (QED) is 0.584. The van der Waals surface area contributed by atoms with Crippen molar-refractivity contribution in [1.29, 1.82) is 0 Å². The molecule has 3 aliphatic rings. The van der Waals surface area contributed by atoms with Gasteiger partial charge in [0, 0.05) is 0 Å². The average molecular weight is 142 g/mol. The summed E-state index contributed by atoms with van der Waals surface area (Å²) in [5, 5.41) is 8.70. The summed E-state index contributed by atoms with van der Waals surface area (Å²) in [5.74, 6) is -0.274. The van der Waals surface area contributed by atoms with E-state index in [-0.39, 0.29) is 6.10 Å². The van der Waals surface area contributed by atoms with E-state index in [9.17, 15) is 4.79 Å².